The monoisotopic (exact) mass is 466 g/mol. The van der Waals surface area contributed by atoms with Crippen LogP contribution in [0.5, 0.6) is 11.5 Å². The first-order chi connectivity index (χ1) is 14.6. The lowest BCUT2D eigenvalue weighted by molar-refractivity contribution is 0.102. The summed E-state index contributed by atoms with van der Waals surface area (Å²) in [6.45, 7) is 2.47. The molecule has 0 aliphatic rings. The van der Waals surface area contributed by atoms with Crippen LogP contribution in [-0.4, -0.2) is 24.6 Å². The maximum Gasteiger partial charge on any atom is 0.255 e. The summed E-state index contributed by atoms with van der Waals surface area (Å²) >= 11 is 3.44. The molecule has 3 aromatic carbocycles. The Bertz CT molecular complexity index is 1220. The number of rotatable bonds is 6. The minimum atomic E-state index is -0.224. The van der Waals surface area contributed by atoms with Gasteiger partial charge in [-0.1, -0.05) is 6.07 Å². The molecule has 0 saturated heterocycles. The topological polar surface area (TPSA) is 73.6 Å². The number of nitrogens with one attached hydrogen (secondary N) is 1. The Hall–Kier alpha value is -3.32. The predicted molar refractivity (Wildman–Crippen MR) is 119 cm³/mol. The van der Waals surface area contributed by atoms with Crippen molar-refractivity contribution in [3.05, 3.63) is 70.7 Å². The van der Waals surface area contributed by atoms with Gasteiger partial charge in [0, 0.05) is 22.9 Å². The Labute approximate surface area is 182 Å². The molecule has 0 bridgehead atoms. The maximum absolute atomic E-state index is 12.7. The number of aromatic nitrogens is 1. The van der Waals surface area contributed by atoms with Gasteiger partial charge >= 0.3 is 0 Å². The number of fused-ring (bicyclic) bond motifs is 1. The molecule has 0 aliphatic heterocycles. The Morgan fingerprint density at radius 1 is 1.13 bits per heavy atom. The molecule has 0 radical (unpaired) electrons. The average molecular weight is 467 g/mol. The van der Waals surface area contributed by atoms with Gasteiger partial charge in [-0.2, -0.15) is 0 Å². The minimum absolute atomic E-state index is 0.224. The van der Waals surface area contributed by atoms with Crippen molar-refractivity contribution in [2.45, 2.75) is 6.92 Å². The molecule has 0 aliphatic carbocycles. The number of benzene rings is 3. The van der Waals surface area contributed by atoms with Crippen LogP contribution in [0.4, 0.5) is 5.69 Å². The molecule has 1 N–H and O–H groups in total. The number of amides is 1. The molecule has 0 atom stereocenters. The number of anilines is 1. The van der Waals surface area contributed by atoms with Crippen LogP contribution in [0.1, 0.15) is 17.3 Å². The molecule has 30 heavy (non-hydrogen) atoms. The van der Waals surface area contributed by atoms with Crippen molar-refractivity contribution in [1.82, 2.24) is 4.98 Å². The Balaban J connectivity index is 1.56. The summed E-state index contributed by atoms with van der Waals surface area (Å²) in [4.78, 5) is 17.2. The van der Waals surface area contributed by atoms with E-state index >= 15 is 0 Å². The fourth-order valence-corrected chi connectivity index (χ4v) is 3.50. The molecule has 0 fully saturated rings. The van der Waals surface area contributed by atoms with E-state index in [-0.39, 0.29) is 5.91 Å². The molecule has 4 rings (SSSR count). The van der Waals surface area contributed by atoms with Gasteiger partial charge in [0.05, 0.1) is 18.2 Å². The van der Waals surface area contributed by atoms with E-state index in [0.717, 1.165) is 10.0 Å². The second-order valence-electron chi connectivity index (χ2n) is 6.47. The third-order valence-electron chi connectivity index (χ3n) is 4.46. The number of carbonyl (C=O) groups is 1. The zero-order valence-electron chi connectivity index (χ0n) is 16.4. The lowest BCUT2D eigenvalue weighted by Crippen LogP contribution is -2.12. The lowest BCUT2D eigenvalue weighted by Gasteiger charge is -2.09. The highest BCUT2D eigenvalue weighted by Crippen LogP contribution is 2.29. The third-order valence-corrected chi connectivity index (χ3v) is 5.08. The van der Waals surface area contributed by atoms with Crippen LogP contribution in [0.25, 0.3) is 22.6 Å². The fraction of sp³-hybridized carbons (Fsp3) is 0.130. The number of ether oxygens (including phenoxy) is 2. The molecule has 6 nitrogen and oxygen atoms in total. The van der Waals surface area contributed by atoms with Crippen LogP contribution in [0.2, 0.25) is 0 Å². The molecule has 0 unspecified atom stereocenters. The van der Waals surface area contributed by atoms with Crippen LogP contribution in [0.3, 0.4) is 0 Å². The van der Waals surface area contributed by atoms with Gasteiger partial charge in [-0.15, -0.1) is 0 Å². The van der Waals surface area contributed by atoms with Gasteiger partial charge in [0.1, 0.15) is 17.0 Å². The summed E-state index contributed by atoms with van der Waals surface area (Å²) in [6.07, 6.45) is 0. The molecule has 152 valence electrons. The highest BCUT2D eigenvalue weighted by Gasteiger charge is 2.12. The number of halogens is 1. The molecule has 4 aromatic rings. The molecule has 0 spiro atoms. The number of hydrogen-bond donors (Lipinski definition) is 1. The standard InChI is InChI=1S/C23H19BrN2O4/c1-3-29-20-9-7-14(12-18(20)24)22(27)25-16-6-4-5-15(11-16)23-26-19-13-17(28-2)8-10-21(19)30-23/h4-13H,3H2,1-2H3,(H,25,27). The van der Waals surface area contributed by atoms with Crippen molar-refractivity contribution < 1.29 is 18.7 Å². The van der Waals surface area contributed by atoms with E-state index in [1.54, 1.807) is 25.3 Å². The Morgan fingerprint density at radius 2 is 2.00 bits per heavy atom. The van der Waals surface area contributed by atoms with E-state index in [1.807, 2.05) is 49.4 Å². The van der Waals surface area contributed by atoms with Gasteiger partial charge in [-0.05, 0) is 71.4 Å². The van der Waals surface area contributed by atoms with E-state index < -0.39 is 0 Å². The highest BCUT2D eigenvalue weighted by atomic mass is 79.9. The van der Waals surface area contributed by atoms with Gasteiger partial charge < -0.3 is 19.2 Å². The SMILES string of the molecule is CCOc1ccc(C(=O)Nc2cccc(-c3nc4cc(OC)ccc4o3)c2)cc1Br. The second kappa shape index (κ2) is 8.59. The summed E-state index contributed by atoms with van der Waals surface area (Å²) in [5.74, 6) is 1.66. The quantitative estimate of drug-likeness (QED) is 0.381. The molecule has 7 heteroatoms. The summed E-state index contributed by atoms with van der Waals surface area (Å²) in [5.41, 5.74) is 3.29. The molecule has 1 heterocycles. The molecular weight excluding hydrogens is 448 g/mol. The zero-order chi connectivity index (χ0) is 21.1. The second-order valence-corrected chi connectivity index (χ2v) is 7.32. The average Bonchev–Trinajstić information content (AvgIpc) is 3.19. The van der Waals surface area contributed by atoms with E-state index in [4.69, 9.17) is 13.9 Å². The van der Waals surface area contributed by atoms with Crippen molar-refractivity contribution in [1.29, 1.82) is 0 Å². The van der Waals surface area contributed by atoms with Crippen LogP contribution in [0, 0.1) is 0 Å². The number of nitrogens with zero attached hydrogens (tertiary/aromatic N) is 1. The van der Waals surface area contributed by atoms with Gasteiger partial charge in [0.15, 0.2) is 5.58 Å². The largest absolute Gasteiger partial charge is 0.497 e. The first-order valence-corrected chi connectivity index (χ1v) is 10.2. The fourth-order valence-electron chi connectivity index (χ4n) is 3.01. The molecule has 1 amide bonds. The van der Waals surface area contributed by atoms with E-state index in [2.05, 4.69) is 26.2 Å². The third kappa shape index (κ3) is 4.16. The summed E-state index contributed by atoms with van der Waals surface area (Å²) < 4.78 is 17.3. The highest BCUT2D eigenvalue weighted by molar-refractivity contribution is 9.10. The van der Waals surface area contributed by atoms with E-state index in [1.165, 1.54) is 0 Å². The minimum Gasteiger partial charge on any atom is -0.497 e. The first kappa shape index (κ1) is 20.0. The first-order valence-electron chi connectivity index (χ1n) is 9.36. The van der Waals surface area contributed by atoms with Gasteiger partial charge in [-0.25, -0.2) is 4.98 Å². The van der Waals surface area contributed by atoms with Crippen molar-refractivity contribution in [2.24, 2.45) is 0 Å². The predicted octanol–water partition coefficient (Wildman–Crippen LogP) is 5.92. The Morgan fingerprint density at radius 3 is 2.77 bits per heavy atom. The summed E-state index contributed by atoms with van der Waals surface area (Å²) in [6, 6.07) is 18.0. The van der Waals surface area contributed by atoms with Crippen LogP contribution in [-0.2, 0) is 0 Å². The number of carbonyl (C=O) groups excluding carboxylic acids is 1. The van der Waals surface area contributed by atoms with E-state index in [9.17, 15) is 4.79 Å². The molecule has 0 saturated carbocycles. The van der Waals surface area contributed by atoms with Gasteiger partial charge in [0.2, 0.25) is 5.89 Å². The molecule has 1 aromatic heterocycles. The van der Waals surface area contributed by atoms with Crippen molar-refractivity contribution in [3.8, 4) is 23.0 Å². The normalized spacial score (nSPS) is 10.8. The van der Waals surface area contributed by atoms with E-state index in [0.29, 0.717) is 46.3 Å². The molecular formula is C23H19BrN2O4. The zero-order valence-corrected chi connectivity index (χ0v) is 18.0. The van der Waals surface area contributed by atoms with Crippen molar-refractivity contribution in [2.75, 3.05) is 19.0 Å². The summed E-state index contributed by atoms with van der Waals surface area (Å²) in [5, 5.41) is 2.91. The number of oxazole rings is 1. The van der Waals surface area contributed by atoms with Crippen LogP contribution in [0.15, 0.2) is 69.6 Å². The van der Waals surface area contributed by atoms with Crippen molar-refractivity contribution >= 4 is 38.6 Å². The summed E-state index contributed by atoms with van der Waals surface area (Å²) in [7, 11) is 1.61. The maximum atomic E-state index is 12.7. The Kier molecular flexibility index (Phi) is 5.72. The van der Waals surface area contributed by atoms with Gasteiger partial charge in [-0.3, -0.25) is 4.79 Å². The van der Waals surface area contributed by atoms with Crippen molar-refractivity contribution in [3.63, 3.8) is 0 Å². The number of methoxy groups -OCH3 is 1. The lowest BCUT2D eigenvalue weighted by atomic mass is 10.1. The van der Waals surface area contributed by atoms with Gasteiger partial charge in [0.25, 0.3) is 5.91 Å². The van der Waals surface area contributed by atoms with Crippen LogP contribution < -0.4 is 14.8 Å². The van der Waals surface area contributed by atoms with Crippen LogP contribution >= 0.6 is 15.9 Å². The number of hydrogen-bond acceptors (Lipinski definition) is 5. The smallest absolute Gasteiger partial charge is 0.255 e.